The number of rotatable bonds is 4. The zero-order valence-corrected chi connectivity index (χ0v) is 11.4. The Labute approximate surface area is 115 Å². The van der Waals surface area contributed by atoms with Gasteiger partial charge in [0.2, 0.25) is 0 Å². The number of aryl methyl sites for hydroxylation is 2. The van der Waals surface area contributed by atoms with Gasteiger partial charge in [0, 0.05) is 18.2 Å². The molecule has 0 atom stereocenters. The second-order valence-corrected chi connectivity index (χ2v) is 4.71. The second-order valence-electron chi connectivity index (χ2n) is 4.71. The van der Waals surface area contributed by atoms with Gasteiger partial charge in [-0.15, -0.1) is 0 Å². The van der Waals surface area contributed by atoms with E-state index in [1.807, 2.05) is 0 Å². The Kier molecular flexibility index (Phi) is 4.08. The lowest BCUT2D eigenvalue weighted by atomic mass is 10.1. The van der Waals surface area contributed by atoms with Crippen LogP contribution in [-0.2, 0) is 17.8 Å². The number of hydrogen-bond acceptors (Lipinski definition) is 3. The van der Waals surface area contributed by atoms with Crippen molar-refractivity contribution in [3.8, 4) is 0 Å². The molecule has 1 heterocycles. The number of aromatic nitrogens is 2. The predicted molar refractivity (Wildman–Crippen MR) is 73.1 cm³/mol. The van der Waals surface area contributed by atoms with E-state index in [2.05, 4.69) is 4.98 Å². The zero-order valence-electron chi connectivity index (χ0n) is 11.4. The lowest BCUT2D eigenvalue weighted by Gasteiger charge is -2.09. The Morgan fingerprint density at radius 2 is 1.90 bits per heavy atom. The maximum atomic E-state index is 12.8. The standard InChI is InChI=1S/C15H15FN2O2/c1-10-7-15(20)18(11(2)17-10)9-14(19)8-12-3-5-13(16)6-4-12/h3-7H,8-9H2,1-2H3. The fourth-order valence-corrected chi connectivity index (χ4v) is 2.02. The average molecular weight is 274 g/mol. The van der Waals surface area contributed by atoms with Gasteiger partial charge in [-0.25, -0.2) is 9.37 Å². The molecule has 0 aliphatic carbocycles. The van der Waals surface area contributed by atoms with Crippen LogP contribution < -0.4 is 5.56 Å². The van der Waals surface area contributed by atoms with Gasteiger partial charge in [-0.05, 0) is 31.5 Å². The van der Waals surface area contributed by atoms with Crippen molar-refractivity contribution >= 4 is 5.78 Å². The first-order chi connectivity index (χ1) is 9.45. The molecule has 5 heteroatoms. The molecule has 0 bridgehead atoms. The number of ketones is 1. The summed E-state index contributed by atoms with van der Waals surface area (Å²) >= 11 is 0. The van der Waals surface area contributed by atoms with E-state index in [-0.39, 0.29) is 30.1 Å². The van der Waals surface area contributed by atoms with Crippen molar-refractivity contribution in [2.24, 2.45) is 0 Å². The summed E-state index contributed by atoms with van der Waals surface area (Å²) in [6.45, 7) is 3.41. The number of benzene rings is 1. The molecule has 0 radical (unpaired) electrons. The first-order valence-electron chi connectivity index (χ1n) is 6.27. The van der Waals surface area contributed by atoms with Crippen LogP contribution in [0.2, 0.25) is 0 Å². The van der Waals surface area contributed by atoms with Crippen molar-refractivity contribution in [1.82, 2.24) is 9.55 Å². The minimum atomic E-state index is -0.337. The van der Waals surface area contributed by atoms with Crippen LogP contribution in [0.1, 0.15) is 17.1 Å². The molecule has 0 unspecified atom stereocenters. The SMILES string of the molecule is Cc1cc(=O)n(CC(=O)Cc2ccc(F)cc2)c(C)n1. The quantitative estimate of drug-likeness (QED) is 0.854. The summed E-state index contributed by atoms with van der Waals surface area (Å²) in [5, 5.41) is 0. The normalized spacial score (nSPS) is 10.6. The molecule has 0 fully saturated rings. The minimum Gasteiger partial charge on any atom is -0.297 e. The number of carbonyl (C=O) groups is 1. The van der Waals surface area contributed by atoms with Gasteiger partial charge < -0.3 is 0 Å². The molecule has 0 saturated carbocycles. The van der Waals surface area contributed by atoms with Crippen molar-refractivity contribution < 1.29 is 9.18 Å². The summed E-state index contributed by atoms with van der Waals surface area (Å²) in [5.74, 6) is 0.0610. The summed E-state index contributed by atoms with van der Waals surface area (Å²) in [4.78, 5) is 28.0. The van der Waals surface area contributed by atoms with Gasteiger partial charge in [0.15, 0.2) is 5.78 Å². The molecule has 2 rings (SSSR count). The summed E-state index contributed by atoms with van der Waals surface area (Å²) in [7, 11) is 0. The minimum absolute atomic E-state index is 0.0185. The van der Waals surface area contributed by atoms with Crippen LogP contribution >= 0.6 is 0 Å². The molecular formula is C15H15FN2O2. The monoisotopic (exact) mass is 274 g/mol. The van der Waals surface area contributed by atoms with Gasteiger partial charge in [-0.3, -0.25) is 14.2 Å². The Morgan fingerprint density at radius 3 is 2.50 bits per heavy atom. The van der Waals surface area contributed by atoms with E-state index >= 15 is 0 Å². The lowest BCUT2D eigenvalue weighted by Crippen LogP contribution is -2.27. The highest BCUT2D eigenvalue weighted by Gasteiger charge is 2.09. The van der Waals surface area contributed by atoms with Crippen molar-refractivity contribution in [3.05, 3.63) is 63.6 Å². The van der Waals surface area contributed by atoms with Crippen LogP contribution in [0, 0.1) is 19.7 Å². The number of carbonyl (C=O) groups excluding carboxylic acids is 1. The maximum Gasteiger partial charge on any atom is 0.254 e. The fourth-order valence-electron chi connectivity index (χ4n) is 2.02. The molecule has 0 aliphatic rings. The van der Waals surface area contributed by atoms with Crippen LogP contribution in [0.4, 0.5) is 4.39 Å². The molecule has 104 valence electrons. The highest BCUT2D eigenvalue weighted by atomic mass is 19.1. The lowest BCUT2D eigenvalue weighted by molar-refractivity contribution is -0.119. The van der Waals surface area contributed by atoms with Crippen molar-refractivity contribution in [2.45, 2.75) is 26.8 Å². The molecule has 0 amide bonds. The third kappa shape index (κ3) is 3.38. The Balaban J connectivity index is 2.12. The van der Waals surface area contributed by atoms with E-state index in [4.69, 9.17) is 0 Å². The Morgan fingerprint density at radius 1 is 1.25 bits per heavy atom. The molecule has 0 N–H and O–H groups in total. The third-order valence-corrected chi connectivity index (χ3v) is 2.98. The first kappa shape index (κ1) is 14.1. The topological polar surface area (TPSA) is 52.0 Å². The number of Topliss-reactive ketones (excluding diaryl/α,β-unsaturated/α-hetero) is 1. The fraction of sp³-hybridized carbons (Fsp3) is 0.267. The molecule has 2 aromatic rings. The molecule has 0 aliphatic heterocycles. The van der Waals surface area contributed by atoms with Crippen LogP contribution in [0.25, 0.3) is 0 Å². The average Bonchev–Trinajstić information content (AvgIpc) is 2.36. The van der Waals surface area contributed by atoms with E-state index in [0.717, 1.165) is 5.56 Å². The predicted octanol–water partition coefficient (Wildman–Crippen LogP) is 1.81. The highest BCUT2D eigenvalue weighted by molar-refractivity contribution is 5.80. The Bertz CT molecular complexity index is 690. The van der Waals surface area contributed by atoms with Crippen molar-refractivity contribution in [3.63, 3.8) is 0 Å². The largest absolute Gasteiger partial charge is 0.297 e. The van der Waals surface area contributed by atoms with Crippen molar-refractivity contribution in [2.75, 3.05) is 0 Å². The number of nitrogens with zero attached hydrogens (tertiary/aromatic N) is 2. The van der Waals surface area contributed by atoms with E-state index in [1.165, 1.54) is 22.8 Å². The molecule has 1 aromatic carbocycles. The van der Waals surface area contributed by atoms with Gasteiger partial charge in [0.1, 0.15) is 11.6 Å². The van der Waals surface area contributed by atoms with E-state index < -0.39 is 0 Å². The van der Waals surface area contributed by atoms with Crippen LogP contribution in [-0.4, -0.2) is 15.3 Å². The molecule has 0 spiro atoms. The smallest absolute Gasteiger partial charge is 0.254 e. The molecular weight excluding hydrogens is 259 g/mol. The van der Waals surface area contributed by atoms with Crippen LogP contribution in [0.3, 0.4) is 0 Å². The van der Waals surface area contributed by atoms with E-state index in [9.17, 15) is 14.0 Å². The highest BCUT2D eigenvalue weighted by Crippen LogP contribution is 2.05. The summed E-state index contributed by atoms with van der Waals surface area (Å²) in [6.07, 6.45) is 0.167. The number of hydrogen-bond donors (Lipinski definition) is 0. The second kappa shape index (κ2) is 5.77. The maximum absolute atomic E-state index is 12.8. The van der Waals surface area contributed by atoms with E-state index in [0.29, 0.717) is 11.5 Å². The van der Waals surface area contributed by atoms with E-state index in [1.54, 1.807) is 26.0 Å². The molecule has 1 aromatic heterocycles. The summed E-state index contributed by atoms with van der Waals surface area (Å²) in [6, 6.07) is 7.16. The van der Waals surface area contributed by atoms with Gasteiger partial charge >= 0.3 is 0 Å². The summed E-state index contributed by atoms with van der Waals surface area (Å²) < 4.78 is 14.1. The first-order valence-corrected chi connectivity index (χ1v) is 6.27. The zero-order chi connectivity index (χ0) is 14.7. The van der Waals surface area contributed by atoms with Crippen LogP contribution in [0.15, 0.2) is 35.1 Å². The Hall–Kier alpha value is -2.30. The van der Waals surface area contributed by atoms with Gasteiger partial charge in [0.05, 0.1) is 6.54 Å². The molecule has 20 heavy (non-hydrogen) atoms. The van der Waals surface area contributed by atoms with Gasteiger partial charge in [0.25, 0.3) is 5.56 Å². The van der Waals surface area contributed by atoms with Gasteiger partial charge in [-0.2, -0.15) is 0 Å². The van der Waals surface area contributed by atoms with Crippen LogP contribution in [0.5, 0.6) is 0 Å². The molecule has 4 nitrogen and oxygen atoms in total. The molecule has 0 saturated heterocycles. The summed E-state index contributed by atoms with van der Waals surface area (Å²) in [5.41, 5.74) is 1.12. The van der Waals surface area contributed by atoms with Gasteiger partial charge in [-0.1, -0.05) is 12.1 Å². The third-order valence-electron chi connectivity index (χ3n) is 2.98. The number of halogens is 1. The van der Waals surface area contributed by atoms with Crippen molar-refractivity contribution in [1.29, 1.82) is 0 Å².